The van der Waals surface area contributed by atoms with Gasteiger partial charge in [0.2, 0.25) is 11.7 Å². The minimum absolute atomic E-state index is 0.254. The second-order valence-corrected chi connectivity index (χ2v) is 4.04. The van der Waals surface area contributed by atoms with E-state index >= 15 is 0 Å². The van der Waals surface area contributed by atoms with Gasteiger partial charge in [0.05, 0.1) is 0 Å². The predicted octanol–water partition coefficient (Wildman–Crippen LogP) is 3.34. The van der Waals surface area contributed by atoms with Gasteiger partial charge in [-0.1, -0.05) is 29.4 Å². The zero-order valence-electron chi connectivity index (χ0n) is 8.57. The first-order valence-electron chi connectivity index (χ1n) is 4.72. The van der Waals surface area contributed by atoms with E-state index in [2.05, 4.69) is 10.1 Å². The first-order valence-corrected chi connectivity index (χ1v) is 5.16. The van der Waals surface area contributed by atoms with E-state index in [1.807, 2.05) is 31.2 Å². The Hall–Kier alpha value is -1.35. The van der Waals surface area contributed by atoms with Crippen molar-refractivity contribution in [3.63, 3.8) is 0 Å². The van der Waals surface area contributed by atoms with Crippen LogP contribution < -0.4 is 0 Å². The molecule has 2 aromatic rings. The normalized spacial score (nSPS) is 12.7. The standard InChI is InChI=1S/C11H11ClN2O/c1-7-5-3-4-6-9(7)10-13-11(8(2)12)15-14-10/h3-6,8H,1-2H3. The molecule has 0 saturated heterocycles. The first kappa shape index (κ1) is 10.2. The van der Waals surface area contributed by atoms with Crippen LogP contribution in [0.25, 0.3) is 11.4 Å². The Balaban J connectivity index is 2.42. The van der Waals surface area contributed by atoms with Gasteiger partial charge >= 0.3 is 0 Å². The Labute approximate surface area is 93.1 Å². The summed E-state index contributed by atoms with van der Waals surface area (Å²) in [5.74, 6) is 1.05. The molecule has 0 saturated carbocycles. The van der Waals surface area contributed by atoms with Crippen molar-refractivity contribution < 1.29 is 4.52 Å². The lowest BCUT2D eigenvalue weighted by Crippen LogP contribution is -1.86. The fourth-order valence-electron chi connectivity index (χ4n) is 1.33. The molecule has 0 N–H and O–H groups in total. The van der Waals surface area contributed by atoms with Gasteiger partial charge in [0, 0.05) is 5.56 Å². The van der Waals surface area contributed by atoms with Gasteiger partial charge in [0.15, 0.2) is 0 Å². The molecule has 3 nitrogen and oxygen atoms in total. The topological polar surface area (TPSA) is 38.9 Å². The molecule has 0 spiro atoms. The van der Waals surface area contributed by atoms with Crippen LogP contribution in [0.5, 0.6) is 0 Å². The molecular formula is C11H11ClN2O. The van der Waals surface area contributed by atoms with Gasteiger partial charge < -0.3 is 4.52 Å². The van der Waals surface area contributed by atoms with Crippen LogP contribution in [-0.4, -0.2) is 10.1 Å². The molecule has 0 aliphatic rings. The summed E-state index contributed by atoms with van der Waals surface area (Å²) in [6.07, 6.45) is 0. The summed E-state index contributed by atoms with van der Waals surface area (Å²) < 4.78 is 5.04. The van der Waals surface area contributed by atoms with Crippen LogP contribution >= 0.6 is 11.6 Å². The molecule has 78 valence electrons. The van der Waals surface area contributed by atoms with Crippen molar-refractivity contribution in [3.05, 3.63) is 35.7 Å². The Bertz CT molecular complexity index is 465. The Kier molecular flexibility index (Phi) is 2.73. The Morgan fingerprint density at radius 2 is 2.07 bits per heavy atom. The summed E-state index contributed by atoms with van der Waals surface area (Å²) in [6.45, 7) is 3.81. The van der Waals surface area contributed by atoms with E-state index in [1.165, 1.54) is 0 Å². The molecule has 1 aromatic carbocycles. The molecule has 2 rings (SSSR count). The van der Waals surface area contributed by atoms with E-state index in [0.717, 1.165) is 11.1 Å². The lowest BCUT2D eigenvalue weighted by atomic mass is 10.1. The van der Waals surface area contributed by atoms with Crippen molar-refractivity contribution in [1.29, 1.82) is 0 Å². The van der Waals surface area contributed by atoms with Crippen molar-refractivity contribution in [2.45, 2.75) is 19.2 Å². The zero-order valence-corrected chi connectivity index (χ0v) is 9.32. The maximum Gasteiger partial charge on any atom is 0.244 e. The lowest BCUT2D eigenvalue weighted by molar-refractivity contribution is 0.379. The van der Waals surface area contributed by atoms with Crippen molar-refractivity contribution in [2.24, 2.45) is 0 Å². The molecule has 0 amide bonds. The Morgan fingerprint density at radius 1 is 1.33 bits per heavy atom. The molecule has 4 heteroatoms. The summed E-state index contributed by atoms with van der Waals surface area (Å²) in [5, 5.41) is 3.64. The molecule has 1 unspecified atom stereocenters. The second kappa shape index (κ2) is 4.03. The van der Waals surface area contributed by atoms with E-state index in [1.54, 1.807) is 6.92 Å². The number of aromatic nitrogens is 2. The van der Waals surface area contributed by atoms with Crippen LogP contribution in [0.2, 0.25) is 0 Å². The number of alkyl halides is 1. The highest BCUT2D eigenvalue weighted by molar-refractivity contribution is 6.20. The van der Waals surface area contributed by atoms with E-state index in [9.17, 15) is 0 Å². The van der Waals surface area contributed by atoms with E-state index in [-0.39, 0.29) is 5.38 Å². The van der Waals surface area contributed by atoms with Crippen LogP contribution in [-0.2, 0) is 0 Å². The van der Waals surface area contributed by atoms with Crippen LogP contribution in [0.3, 0.4) is 0 Å². The molecule has 0 radical (unpaired) electrons. The van der Waals surface area contributed by atoms with E-state index in [4.69, 9.17) is 16.1 Å². The number of hydrogen-bond donors (Lipinski definition) is 0. The van der Waals surface area contributed by atoms with Gasteiger partial charge in [-0.3, -0.25) is 0 Å². The molecule has 1 heterocycles. The van der Waals surface area contributed by atoms with Gasteiger partial charge in [0.25, 0.3) is 0 Å². The summed E-state index contributed by atoms with van der Waals surface area (Å²) in [4.78, 5) is 4.23. The van der Waals surface area contributed by atoms with Crippen LogP contribution in [0.4, 0.5) is 0 Å². The average molecular weight is 223 g/mol. The van der Waals surface area contributed by atoms with E-state index < -0.39 is 0 Å². The molecular weight excluding hydrogens is 212 g/mol. The maximum absolute atomic E-state index is 5.85. The quantitative estimate of drug-likeness (QED) is 0.732. The van der Waals surface area contributed by atoms with Gasteiger partial charge in [-0.05, 0) is 19.4 Å². The highest BCUT2D eigenvalue weighted by Gasteiger charge is 2.13. The third-order valence-corrected chi connectivity index (χ3v) is 2.35. The van der Waals surface area contributed by atoms with Gasteiger partial charge in [-0.2, -0.15) is 4.98 Å². The maximum atomic E-state index is 5.85. The minimum atomic E-state index is -0.254. The molecule has 15 heavy (non-hydrogen) atoms. The third kappa shape index (κ3) is 2.02. The van der Waals surface area contributed by atoms with Crippen molar-refractivity contribution in [3.8, 4) is 11.4 Å². The summed E-state index contributed by atoms with van der Waals surface area (Å²) >= 11 is 5.85. The number of aryl methyl sites for hydroxylation is 1. The van der Waals surface area contributed by atoms with Gasteiger partial charge in [-0.15, -0.1) is 11.6 Å². The summed E-state index contributed by atoms with van der Waals surface area (Å²) in [7, 11) is 0. The number of nitrogens with zero attached hydrogens (tertiary/aromatic N) is 2. The summed E-state index contributed by atoms with van der Waals surface area (Å²) in [5.41, 5.74) is 2.09. The molecule has 1 aromatic heterocycles. The SMILES string of the molecule is Cc1ccccc1-c1noc(C(C)Cl)n1. The van der Waals surface area contributed by atoms with Crippen molar-refractivity contribution in [1.82, 2.24) is 10.1 Å². The molecule has 1 atom stereocenters. The predicted molar refractivity (Wildman–Crippen MR) is 58.7 cm³/mol. The highest BCUT2D eigenvalue weighted by atomic mass is 35.5. The zero-order chi connectivity index (χ0) is 10.8. The third-order valence-electron chi connectivity index (χ3n) is 2.17. The van der Waals surface area contributed by atoms with Crippen LogP contribution in [0.15, 0.2) is 28.8 Å². The number of rotatable bonds is 2. The molecule has 0 fully saturated rings. The number of benzene rings is 1. The molecule has 0 bridgehead atoms. The molecule has 0 aliphatic carbocycles. The van der Waals surface area contributed by atoms with Crippen LogP contribution in [0, 0.1) is 6.92 Å². The van der Waals surface area contributed by atoms with Gasteiger partial charge in [0.1, 0.15) is 5.38 Å². The Morgan fingerprint density at radius 3 is 2.67 bits per heavy atom. The largest absolute Gasteiger partial charge is 0.337 e. The summed E-state index contributed by atoms with van der Waals surface area (Å²) in [6, 6.07) is 7.89. The smallest absolute Gasteiger partial charge is 0.244 e. The first-order chi connectivity index (χ1) is 7.18. The van der Waals surface area contributed by atoms with Crippen LogP contribution in [0.1, 0.15) is 23.8 Å². The number of hydrogen-bond acceptors (Lipinski definition) is 3. The van der Waals surface area contributed by atoms with Gasteiger partial charge in [-0.25, -0.2) is 0 Å². The highest BCUT2D eigenvalue weighted by Crippen LogP contribution is 2.23. The lowest BCUT2D eigenvalue weighted by Gasteiger charge is -1.98. The van der Waals surface area contributed by atoms with Crippen molar-refractivity contribution >= 4 is 11.6 Å². The van der Waals surface area contributed by atoms with E-state index in [0.29, 0.717) is 11.7 Å². The fourth-order valence-corrected chi connectivity index (χ4v) is 1.42. The fraction of sp³-hybridized carbons (Fsp3) is 0.273. The average Bonchev–Trinajstić information content (AvgIpc) is 2.67. The number of halogens is 1. The minimum Gasteiger partial charge on any atom is -0.337 e. The monoisotopic (exact) mass is 222 g/mol. The molecule has 0 aliphatic heterocycles. The van der Waals surface area contributed by atoms with Crippen molar-refractivity contribution in [2.75, 3.05) is 0 Å². The second-order valence-electron chi connectivity index (χ2n) is 3.39.